The average Bonchev–Trinajstić information content (AvgIpc) is 2.95. The van der Waals surface area contributed by atoms with E-state index in [9.17, 15) is 18.0 Å². The molecule has 1 fully saturated rings. The minimum atomic E-state index is -4.44. The van der Waals surface area contributed by atoms with Gasteiger partial charge in [0, 0.05) is 31.9 Å². The molecular weight excluding hydrogens is 507 g/mol. The van der Waals surface area contributed by atoms with Crippen molar-refractivity contribution in [2.75, 3.05) is 50.2 Å². The molecule has 2 aliphatic rings. The third kappa shape index (κ3) is 5.48. The molecule has 1 saturated heterocycles. The van der Waals surface area contributed by atoms with Gasteiger partial charge >= 0.3 is 6.18 Å². The fourth-order valence-corrected chi connectivity index (χ4v) is 5.77. The molecule has 0 radical (unpaired) electrons. The highest BCUT2D eigenvalue weighted by Gasteiger charge is 2.43. The minimum Gasteiger partial charge on any atom is -0.496 e. The van der Waals surface area contributed by atoms with Crippen molar-refractivity contribution in [2.24, 2.45) is 5.92 Å². The average molecular weight is 540 g/mol. The first-order valence-electron chi connectivity index (χ1n) is 13.0. The summed E-state index contributed by atoms with van der Waals surface area (Å²) < 4.78 is 51.6. The Hall–Kier alpha value is -3.88. The molecule has 0 spiro atoms. The fourth-order valence-electron chi connectivity index (χ4n) is 5.77. The monoisotopic (exact) mass is 539 g/mol. The number of piperazine rings is 1. The smallest absolute Gasteiger partial charge is 0.416 e. The van der Waals surface area contributed by atoms with Crippen LogP contribution < -0.4 is 24.6 Å². The number of rotatable bonds is 7. The van der Waals surface area contributed by atoms with Crippen LogP contribution in [-0.4, -0.2) is 52.3 Å². The lowest BCUT2D eigenvalue weighted by atomic mass is 9.82. The molecule has 3 aromatic carbocycles. The van der Waals surface area contributed by atoms with Gasteiger partial charge in [0.2, 0.25) is 5.91 Å². The molecule has 5 rings (SSSR count). The molecule has 0 aromatic heterocycles. The zero-order valence-corrected chi connectivity index (χ0v) is 22.0. The predicted molar refractivity (Wildman–Crippen MR) is 145 cm³/mol. The maximum absolute atomic E-state index is 13.6. The van der Waals surface area contributed by atoms with Crippen LogP contribution in [0.3, 0.4) is 0 Å². The maximum Gasteiger partial charge on any atom is 0.416 e. The van der Waals surface area contributed by atoms with Gasteiger partial charge in [-0.1, -0.05) is 30.3 Å². The highest BCUT2D eigenvalue weighted by atomic mass is 19.4. The molecule has 3 aromatic rings. The number of methoxy groups -OCH3 is 2. The van der Waals surface area contributed by atoms with Crippen LogP contribution in [0.2, 0.25) is 0 Å². The number of alkyl halides is 3. The molecule has 1 N–H and O–H groups in total. The van der Waals surface area contributed by atoms with Gasteiger partial charge in [0.05, 0.1) is 37.4 Å². The predicted octanol–water partition coefficient (Wildman–Crippen LogP) is 4.95. The lowest BCUT2D eigenvalue weighted by Gasteiger charge is -2.49. The molecule has 206 valence electrons. The Morgan fingerprint density at radius 2 is 1.67 bits per heavy atom. The Morgan fingerprint density at radius 1 is 0.949 bits per heavy atom. The Morgan fingerprint density at radius 3 is 2.41 bits per heavy atom. The standard InChI is InChI=1S/C30H32F3N3O3/c1-38-27-9-5-3-7-20(27)13-14-34-29(37)23-18-21-17-22(30(31,32)33)11-12-24(21)36-16-15-35(19-26(23)36)25-8-4-6-10-28(25)39-2/h3-12,17,23,26H,13-16,18-19H2,1-2H3,(H,34,37)/t23-,26+/m1/s1. The topological polar surface area (TPSA) is 54.0 Å². The van der Waals surface area contributed by atoms with E-state index in [1.807, 2.05) is 48.5 Å². The normalized spacial score (nSPS) is 18.7. The first kappa shape index (κ1) is 26.7. The van der Waals surface area contributed by atoms with Crippen LogP contribution in [0.15, 0.2) is 66.7 Å². The van der Waals surface area contributed by atoms with Crippen molar-refractivity contribution in [3.8, 4) is 11.5 Å². The third-order valence-electron chi connectivity index (χ3n) is 7.69. The van der Waals surface area contributed by atoms with Crippen LogP contribution in [0.1, 0.15) is 16.7 Å². The molecule has 0 bridgehead atoms. The van der Waals surface area contributed by atoms with Gasteiger partial charge in [0.15, 0.2) is 0 Å². The number of hydrogen-bond acceptors (Lipinski definition) is 5. The van der Waals surface area contributed by atoms with Crippen LogP contribution in [0.5, 0.6) is 11.5 Å². The first-order valence-corrected chi connectivity index (χ1v) is 13.0. The van der Waals surface area contributed by atoms with Crippen LogP contribution in [0.25, 0.3) is 0 Å². The summed E-state index contributed by atoms with van der Waals surface area (Å²) in [6.45, 7) is 2.17. The summed E-state index contributed by atoms with van der Waals surface area (Å²) in [6, 6.07) is 19.1. The summed E-state index contributed by atoms with van der Waals surface area (Å²) >= 11 is 0. The summed E-state index contributed by atoms with van der Waals surface area (Å²) in [5, 5.41) is 3.05. The highest BCUT2D eigenvalue weighted by molar-refractivity contribution is 5.82. The summed E-state index contributed by atoms with van der Waals surface area (Å²) in [6.07, 6.45) is -3.62. The van der Waals surface area contributed by atoms with E-state index in [-0.39, 0.29) is 18.4 Å². The highest BCUT2D eigenvalue weighted by Crippen LogP contribution is 2.41. The molecular formula is C30H32F3N3O3. The number of fused-ring (bicyclic) bond motifs is 3. The number of anilines is 2. The Bertz CT molecular complexity index is 1330. The molecule has 1 amide bonds. The third-order valence-corrected chi connectivity index (χ3v) is 7.69. The van der Waals surface area contributed by atoms with Crippen molar-refractivity contribution >= 4 is 17.3 Å². The molecule has 2 aliphatic heterocycles. The Labute approximate surface area is 226 Å². The van der Waals surface area contributed by atoms with Gasteiger partial charge in [0.25, 0.3) is 0 Å². The van der Waals surface area contributed by atoms with E-state index in [4.69, 9.17) is 9.47 Å². The number of carbonyl (C=O) groups excluding carboxylic acids is 1. The van der Waals surface area contributed by atoms with Gasteiger partial charge < -0.3 is 24.6 Å². The molecule has 0 aliphatic carbocycles. The van der Waals surface area contributed by atoms with Crippen molar-refractivity contribution in [1.82, 2.24) is 5.32 Å². The van der Waals surface area contributed by atoms with Crippen LogP contribution in [0, 0.1) is 5.92 Å². The zero-order chi connectivity index (χ0) is 27.6. The molecule has 9 heteroatoms. The minimum absolute atomic E-state index is 0.162. The van der Waals surface area contributed by atoms with E-state index >= 15 is 0 Å². The second-order valence-electron chi connectivity index (χ2n) is 9.88. The van der Waals surface area contributed by atoms with Crippen molar-refractivity contribution < 1.29 is 27.4 Å². The Balaban J connectivity index is 1.41. The van der Waals surface area contributed by atoms with Crippen LogP contribution in [0.4, 0.5) is 24.5 Å². The Kier molecular flexibility index (Phi) is 7.59. The maximum atomic E-state index is 13.6. The van der Waals surface area contributed by atoms with Gasteiger partial charge in [-0.15, -0.1) is 0 Å². The fraction of sp³-hybridized carbons (Fsp3) is 0.367. The van der Waals surface area contributed by atoms with Crippen LogP contribution in [-0.2, 0) is 23.8 Å². The molecule has 39 heavy (non-hydrogen) atoms. The molecule has 0 unspecified atom stereocenters. The molecule has 6 nitrogen and oxygen atoms in total. The number of para-hydroxylation sites is 3. The first-order chi connectivity index (χ1) is 18.8. The SMILES string of the molecule is COc1ccccc1CCNC(=O)[C@@H]1Cc2cc(C(F)(F)F)ccc2N2CCN(c3ccccc3OC)C[C@@H]12. The second-order valence-corrected chi connectivity index (χ2v) is 9.88. The van der Waals surface area contributed by atoms with Gasteiger partial charge in [0.1, 0.15) is 11.5 Å². The summed E-state index contributed by atoms with van der Waals surface area (Å²) in [5.74, 6) is 0.819. The van der Waals surface area contributed by atoms with Gasteiger partial charge in [-0.2, -0.15) is 13.2 Å². The summed E-state index contributed by atoms with van der Waals surface area (Å²) in [5.41, 5.74) is 2.55. The lowest BCUT2D eigenvalue weighted by molar-refractivity contribution is -0.137. The van der Waals surface area contributed by atoms with E-state index < -0.39 is 17.7 Å². The molecule has 2 heterocycles. The van der Waals surface area contributed by atoms with Crippen molar-refractivity contribution in [2.45, 2.75) is 25.1 Å². The number of nitrogens with zero attached hydrogens (tertiary/aromatic N) is 2. The lowest BCUT2D eigenvalue weighted by Crippen LogP contribution is -2.61. The number of amides is 1. The zero-order valence-electron chi connectivity index (χ0n) is 22.0. The van der Waals surface area contributed by atoms with E-state index in [0.717, 1.165) is 34.5 Å². The van der Waals surface area contributed by atoms with Crippen molar-refractivity contribution in [1.29, 1.82) is 0 Å². The van der Waals surface area contributed by atoms with Crippen molar-refractivity contribution in [3.05, 3.63) is 83.4 Å². The second kappa shape index (κ2) is 11.1. The van der Waals surface area contributed by atoms with E-state index in [2.05, 4.69) is 15.1 Å². The van der Waals surface area contributed by atoms with Crippen molar-refractivity contribution in [3.63, 3.8) is 0 Å². The van der Waals surface area contributed by atoms with E-state index in [1.54, 1.807) is 20.3 Å². The molecule has 2 atom stereocenters. The van der Waals surface area contributed by atoms with Gasteiger partial charge in [-0.3, -0.25) is 4.79 Å². The van der Waals surface area contributed by atoms with E-state index in [0.29, 0.717) is 38.2 Å². The van der Waals surface area contributed by atoms with Gasteiger partial charge in [-0.25, -0.2) is 0 Å². The number of hydrogen-bond donors (Lipinski definition) is 1. The molecule has 0 saturated carbocycles. The van der Waals surface area contributed by atoms with Gasteiger partial charge in [-0.05, 0) is 60.4 Å². The number of carbonyl (C=O) groups is 1. The summed E-state index contributed by atoms with van der Waals surface area (Å²) in [7, 11) is 3.24. The summed E-state index contributed by atoms with van der Waals surface area (Å²) in [4.78, 5) is 17.9. The van der Waals surface area contributed by atoms with Crippen LogP contribution >= 0.6 is 0 Å². The largest absolute Gasteiger partial charge is 0.496 e. The quantitative estimate of drug-likeness (QED) is 0.461. The van der Waals surface area contributed by atoms with E-state index in [1.165, 1.54) is 6.07 Å². The number of nitrogens with one attached hydrogen (secondary N) is 1. The number of halogens is 3. The number of benzene rings is 3. The number of ether oxygens (including phenoxy) is 2.